The summed E-state index contributed by atoms with van der Waals surface area (Å²) in [5.74, 6) is 0.283. The van der Waals surface area contributed by atoms with Crippen LogP contribution in [0.25, 0.3) is 11.4 Å². The second-order valence-corrected chi connectivity index (χ2v) is 7.77. The minimum atomic E-state index is -0.838. The van der Waals surface area contributed by atoms with E-state index in [0.29, 0.717) is 36.2 Å². The van der Waals surface area contributed by atoms with Crippen molar-refractivity contribution in [2.45, 2.75) is 90.6 Å². The third-order valence-electron chi connectivity index (χ3n) is 5.13. The maximum absolute atomic E-state index is 14.3. The first kappa shape index (κ1) is 22.4. The number of halogens is 2. The smallest absolute Gasteiger partial charge is 0.159 e. The van der Waals surface area contributed by atoms with E-state index in [1.807, 2.05) is 18.5 Å². The van der Waals surface area contributed by atoms with Gasteiger partial charge in [-0.05, 0) is 56.2 Å². The van der Waals surface area contributed by atoms with Gasteiger partial charge in [0.15, 0.2) is 5.82 Å². The highest BCUT2D eigenvalue weighted by Crippen LogP contribution is 2.20. The Kier molecular flexibility index (Phi) is 10.1. The Morgan fingerprint density at radius 1 is 0.893 bits per heavy atom. The van der Waals surface area contributed by atoms with E-state index in [1.165, 1.54) is 51.5 Å². The molecule has 1 aromatic heterocycles. The van der Waals surface area contributed by atoms with Gasteiger partial charge in [0.05, 0.1) is 6.17 Å². The number of aromatic nitrogens is 2. The van der Waals surface area contributed by atoms with E-state index >= 15 is 0 Å². The zero-order valence-electron chi connectivity index (χ0n) is 17.4. The highest BCUT2D eigenvalue weighted by atomic mass is 19.1. The number of alkyl halides is 1. The molecule has 2 rings (SSSR count). The van der Waals surface area contributed by atoms with Crippen molar-refractivity contribution in [3.63, 3.8) is 0 Å². The van der Waals surface area contributed by atoms with Crippen molar-refractivity contribution in [3.05, 3.63) is 47.5 Å². The molecule has 0 aliphatic rings. The second-order valence-electron chi connectivity index (χ2n) is 7.77. The van der Waals surface area contributed by atoms with Gasteiger partial charge in [-0.3, -0.25) is 0 Å². The van der Waals surface area contributed by atoms with Gasteiger partial charge < -0.3 is 0 Å². The Bertz CT molecular complexity index is 684. The summed E-state index contributed by atoms with van der Waals surface area (Å²) in [4.78, 5) is 8.83. The van der Waals surface area contributed by atoms with Crippen LogP contribution in [-0.4, -0.2) is 16.1 Å². The number of hydrogen-bond acceptors (Lipinski definition) is 2. The SMILES string of the molecule is CCCCCCCCCc1cnc(-c2ccc(CCCC(C)F)c(F)c2)nc1. The Hall–Kier alpha value is -1.84. The number of nitrogens with zero attached hydrogens (tertiary/aromatic N) is 2. The lowest BCUT2D eigenvalue weighted by atomic mass is 10.0. The summed E-state index contributed by atoms with van der Waals surface area (Å²) in [6, 6.07) is 5.10. The van der Waals surface area contributed by atoms with E-state index in [9.17, 15) is 8.78 Å². The van der Waals surface area contributed by atoms with Crippen molar-refractivity contribution in [1.82, 2.24) is 9.97 Å². The molecule has 1 atom stereocenters. The van der Waals surface area contributed by atoms with Crippen molar-refractivity contribution in [2.75, 3.05) is 0 Å². The maximum atomic E-state index is 14.3. The summed E-state index contributed by atoms with van der Waals surface area (Å²) in [6.45, 7) is 3.77. The molecular weight excluding hydrogens is 354 g/mol. The molecule has 0 spiro atoms. The van der Waals surface area contributed by atoms with Gasteiger partial charge in [0.2, 0.25) is 0 Å². The van der Waals surface area contributed by atoms with E-state index in [4.69, 9.17) is 0 Å². The molecule has 1 heterocycles. The molecule has 0 bridgehead atoms. The molecule has 0 radical (unpaired) electrons. The van der Waals surface area contributed by atoms with E-state index < -0.39 is 6.17 Å². The first-order valence-electron chi connectivity index (χ1n) is 10.8. The molecule has 4 heteroatoms. The molecule has 0 fully saturated rings. The fourth-order valence-corrected chi connectivity index (χ4v) is 3.38. The van der Waals surface area contributed by atoms with Crippen LogP contribution in [0.2, 0.25) is 0 Å². The van der Waals surface area contributed by atoms with Crippen LogP contribution in [0.4, 0.5) is 8.78 Å². The quantitative estimate of drug-likeness (QED) is 0.338. The van der Waals surface area contributed by atoms with Crippen molar-refractivity contribution >= 4 is 0 Å². The van der Waals surface area contributed by atoms with Crippen LogP contribution in [-0.2, 0) is 12.8 Å². The third-order valence-corrected chi connectivity index (χ3v) is 5.13. The first-order valence-corrected chi connectivity index (χ1v) is 10.8. The third kappa shape index (κ3) is 8.04. The van der Waals surface area contributed by atoms with Crippen LogP contribution in [0, 0.1) is 5.82 Å². The normalized spacial score (nSPS) is 12.3. The zero-order valence-corrected chi connectivity index (χ0v) is 17.4. The lowest BCUT2D eigenvalue weighted by molar-refractivity contribution is 0.334. The van der Waals surface area contributed by atoms with Gasteiger partial charge in [-0.2, -0.15) is 0 Å². The summed E-state index contributed by atoms with van der Waals surface area (Å²) >= 11 is 0. The topological polar surface area (TPSA) is 25.8 Å². The van der Waals surface area contributed by atoms with Gasteiger partial charge >= 0.3 is 0 Å². The minimum Gasteiger partial charge on any atom is -0.248 e. The fraction of sp³-hybridized carbons (Fsp3) is 0.583. The molecule has 2 aromatic rings. The first-order chi connectivity index (χ1) is 13.6. The largest absolute Gasteiger partial charge is 0.248 e. The van der Waals surface area contributed by atoms with Crippen molar-refractivity contribution < 1.29 is 8.78 Å². The molecule has 0 N–H and O–H groups in total. The Morgan fingerprint density at radius 2 is 1.57 bits per heavy atom. The summed E-state index contributed by atoms with van der Waals surface area (Å²) in [7, 11) is 0. The highest BCUT2D eigenvalue weighted by molar-refractivity contribution is 5.55. The summed E-state index contributed by atoms with van der Waals surface area (Å²) in [5, 5.41) is 0. The summed E-state index contributed by atoms with van der Waals surface area (Å²) in [6.07, 6.45) is 14.6. The predicted molar refractivity (Wildman–Crippen MR) is 113 cm³/mol. The molecule has 1 unspecified atom stereocenters. The number of benzene rings is 1. The van der Waals surface area contributed by atoms with Crippen LogP contribution in [0.5, 0.6) is 0 Å². The van der Waals surface area contributed by atoms with Gasteiger partial charge in [-0.15, -0.1) is 0 Å². The van der Waals surface area contributed by atoms with Gasteiger partial charge in [-0.25, -0.2) is 18.7 Å². The lowest BCUT2D eigenvalue weighted by Gasteiger charge is -2.07. The standard InChI is InChI=1S/C24H34F2N2/c1-3-4-5-6-7-8-9-12-20-17-27-24(28-18-20)22-15-14-21(23(26)16-22)13-10-11-19(2)25/h14-19H,3-13H2,1-2H3. The number of aryl methyl sites for hydroxylation is 2. The molecule has 1 aromatic carbocycles. The highest BCUT2D eigenvalue weighted by Gasteiger charge is 2.08. The average molecular weight is 389 g/mol. The fourth-order valence-electron chi connectivity index (χ4n) is 3.38. The average Bonchev–Trinajstić information content (AvgIpc) is 2.69. The van der Waals surface area contributed by atoms with E-state index in [2.05, 4.69) is 16.9 Å². The number of unbranched alkanes of at least 4 members (excludes halogenated alkanes) is 6. The Labute approximate surface area is 168 Å². The molecular formula is C24H34F2N2. The molecule has 0 saturated heterocycles. The van der Waals surface area contributed by atoms with Gasteiger partial charge in [0, 0.05) is 18.0 Å². The van der Waals surface area contributed by atoms with E-state index in [1.54, 1.807) is 6.07 Å². The molecule has 154 valence electrons. The van der Waals surface area contributed by atoms with E-state index in [0.717, 1.165) is 18.4 Å². The van der Waals surface area contributed by atoms with Crippen molar-refractivity contribution in [1.29, 1.82) is 0 Å². The summed E-state index contributed by atoms with van der Waals surface area (Å²) < 4.78 is 27.2. The van der Waals surface area contributed by atoms with Crippen molar-refractivity contribution in [2.24, 2.45) is 0 Å². The van der Waals surface area contributed by atoms with E-state index in [-0.39, 0.29) is 5.82 Å². The molecule has 2 nitrogen and oxygen atoms in total. The Balaban J connectivity index is 1.81. The molecule has 0 aliphatic heterocycles. The van der Waals surface area contributed by atoms with Crippen LogP contribution in [0.15, 0.2) is 30.6 Å². The second kappa shape index (κ2) is 12.6. The number of rotatable bonds is 13. The van der Waals surface area contributed by atoms with Crippen LogP contribution < -0.4 is 0 Å². The van der Waals surface area contributed by atoms with Crippen LogP contribution in [0.1, 0.15) is 82.8 Å². The monoisotopic (exact) mass is 388 g/mol. The van der Waals surface area contributed by atoms with Gasteiger partial charge in [0.25, 0.3) is 0 Å². The Morgan fingerprint density at radius 3 is 2.21 bits per heavy atom. The molecule has 0 aliphatic carbocycles. The minimum absolute atomic E-state index is 0.264. The van der Waals surface area contributed by atoms with Gasteiger partial charge in [0.1, 0.15) is 5.82 Å². The van der Waals surface area contributed by atoms with Crippen LogP contribution in [0.3, 0.4) is 0 Å². The number of hydrogen-bond donors (Lipinski definition) is 0. The van der Waals surface area contributed by atoms with Crippen LogP contribution >= 0.6 is 0 Å². The molecule has 0 saturated carbocycles. The lowest BCUT2D eigenvalue weighted by Crippen LogP contribution is -1.98. The van der Waals surface area contributed by atoms with Gasteiger partial charge in [-0.1, -0.05) is 57.6 Å². The zero-order chi connectivity index (χ0) is 20.2. The predicted octanol–water partition coefficient (Wildman–Crippen LogP) is 7.26. The molecule has 0 amide bonds. The van der Waals surface area contributed by atoms with Crippen molar-refractivity contribution in [3.8, 4) is 11.4 Å². The summed E-state index contributed by atoms with van der Waals surface area (Å²) in [5.41, 5.74) is 2.44. The molecule has 28 heavy (non-hydrogen) atoms. The maximum Gasteiger partial charge on any atom is 0.159 e.